The number of carbonyl (C=O) groups excluding carboxylic acids is 1. The quantitative estimate of drug-likeness (QED) is 0.918. The highest BCUT2D eigenvalue weighted by Crippen LogP contribution is 2.12. The number of rotatable bonds is 5. The molecule has 1 amide bonds. The summed E-state index contributed by atoms with van der Waals surface area (Å²) >= 11 is 0. The van der Waals surface area contributed by atoms with Gasteiger partial charge in [-0.05, 0) is 18.6 Å². The Morgan fingerprint density at radius 1 is 1.30 bits per heavy atom. The van der Waals surface area contributed by atoms with Crippen LogP contribution in [-0.4, -0.2) is 36.6 Å². The number of morpholine rings is 1. The first-order valence-corrected chi connectivity index (χ1v) is 7.91. The molecule has 0 unspecified atom stereocenters. The summed E-state index contributed by atoms with van der Waals surface area (Å²) in [5, 5.41) is 2.93. The van der Waals surface area contributed by atoms with Gasteiger partial charge in [-0.15, -0.1) is 0 Å². The summed E-state index contributed by atoms with van der Waals surface area (Å²) in [6.07, 6.45) is 1.22. The number of aryl methyl sites for hydroxylation is 1. The van der Waals surface area contributed by atoms with E-state index in [0.29, 0.717) is 19.7 Å². The van der Waals surface area contributed by atoms with E-state index in [4.69, 9.17) is 9.15 Å². The van der Waals surface area contributed by atoms with Gasteiger partial charge in [0.15, 0.2) is 0 Å². The van der Waals surface area contributed by atoms with E-state index >= 15 is 0 Å². The van der Waals surface area contributed by atoms with Gasteiger partial charge in [0.1, 0.15) is 11.9 Å². The van der Waals surface area contributed by atoms with E-state index in [0.717, 1.165) is 24.4 Å². The summed E-state index contributed by atoms with van der Waals surface area (Å²) in [6.45, 7) is 5.25. The van der Waals surface area contributed by atoms with Crippen molar-refractivity contribution in [3.8, 4) is 0 Å². The minimum Gasteiger partial charge on any atom is -0.469 e. The van der Waals surface area contributed by atoms with Crippen LogP contribution in [0.1, 0.15) is 16.9 Å². The summed E-state index contributed by atoms with van der Waals surface area (Å²) in [4.78, 5) is 14.6. The molecule has 0 spiro atoms. The monoisotopic (exact) mass is 314 g/mol. The summed E-state index contributed by atoms with van der Waals surface area (Å²) in [7, 11) is 0. The second-order valence-corrected chi connectivity index (χ2v) is 5.80. The fourth-order valence-corrected chi connectivity index (χ4v) is 2.74. The van der Waals surface area contributed by atoms with Crippen LogP contribution >= 0.6 is 0 Å². The number of nitrogens with one attached hydrogen (secondary N) is 1. The summed E-state index contributed by atoms with van der Waals surface area (Å²) in [5.74, 6) is 0.768. The molecule has 5 nitrogen and oxygen atoms in total. The third-order valence-corrected chi connectivity index (χ3v) is 4.11. The lowest BCUT2D eigenvalue weighted by molar-refractivity contribution is -0.139. The average molecular weight is 314 g/mol. The third-order valence-electron chi connectivity index (χ3n) is 4.11. The molecule has 1 fully saturated rings. The van der Waals surface area contributed by atoms with Crippen molar-refractivity contribution in [2.45, 2.75) is 26.1 Å². The van der Waals surface area contributed by atoms with Crippen LogP contribution in [0.25, 0.3) is 0 Å². The number of carbonyl (C=O) groups is 1. The molecule has 1 aliphatic heterocycles. The zero-order chi connectivity index (χ0) is 16.1. The maximum Gasteiger partial charge on any atom is 0.250 e. The van der Waals surface area contributed by atoms with Crippen molar-refractivity contribution in [2.75, 3.05) is 19.7 Å². The molecule has 1 aromatic carbocycles. The lowest BCUT2D eigenvalue weighted by Gasteiger charge is -2.32. The summed E-state index contributed by atoms with van der Waals surface area (Å²) in [6, 6.07) is 12.2. The zero-order valence-corrected chi connectivity index (χ0v) is 13.3. The average Bonchev–Trinajstić information content (AvgIpc) is 2.99. The zero-order valence-electron chi connectivity index (χ0n) is 13.3. The van der Waals surface area contributed by atoms with E-state index in [-0.39, 0.29) is 5.91 Å². The Hall–Kier alpha value is -2.11. The lowest BCUT2D eigenvalue weighted by Crippen LogP contribution is -2.49. The molecule has 122 valence electrons. The molecule has 1 aromatic heterocycles. The van der Waals surface area contributed by atoms with Crippen LogP contribution in [0.3, 0.4) is 0 Å². The van der Waals surface area contributed by atoms with E-state index in [1.165, 1.54) is 5.56 Å². The van der Waals surface area contributed by atoms with Gasteiger partial charge in [0.25, 0.3) is 5.91 Å². The van der Waals surface area contributed by atoms with Crippen molar-refractivity contribution >= 4 is 5.91 Å². The normalized spacial score (nSPS) is 18.7. The second kappa shape index (κ2) is 7.44. The molecular weight excluding hydrogens is 292 g/mol. The maximum atomic E-state index is 12.3. The van der Waals surface area contributed by atoms with Gasteiger partial charge < -0.3 is 14.5 Å². The first-order chi connectivity index (χ1) is 11.2. The Kier molecular flexibility index (Phi) is 5.10. The molecule has 3 rings (SSSR count). The highest BCUT2D eigenvalue weighted by molar-refractivity contribution is 5.81. The molecule has 1 N–H and O–H groups in total. The Labute approximate surface area is 136 Å². The van der Waals surface area contributed by atoms with E-state index in [2.05, 4.69) is 22.3 Å². The molecule has 2 heterocycles. The Morgan fingerprint density at radius 3 is 2.87 bits per heavy atom. The molecule has 1 atom stereocenters. The van der Waals surface area contributed by atoms with Crippen LogP contribution in [0.2, 0.25) is 0 Å². The van der Waals surface area contributed by atoms with Crippen molar-refractivity contribution in [3.05, 3.63) is 59.5 Å². The lowest BCUT2D eigenvalue weighted by atomic mass is 10.2. The molecule has 1 saturated heterocycles. The number of ether oxygens (including phenoxy) is 1. The Bertz CT molecular complexity index is 639. The van der Waals surface area contributed by atoms with Crippen LogP contribution in [0.15, 0.2) is 47.1 Å². The van der Waals surface area contributed by atoms with Gasteiger partial charge in [-0.1, -0.05) is 30.3 Å². The van der Waals surface area contributed by atoms with E-state index < -0.39 is 6.10 Å². The van der Waals surface area contributed by atoms with Crippen molar-refractivity contribution < 1.29 is 13.9 Å². The van der Waals surface area contributed by atoms with Gasteiger partial charge in [0.2, 0.25) is 0 Å². The largest absolute Gasteiger partial charge is 0.469 e. The Balaban J connectivity index is 1.51. The van der Waals surface area contributed by atoms with Gasteiger partial charge in [-0.25, -0.2) is 0 Å². The number of amides is 1. The fourth-order valence-electron chi connectivity index (χ4n) is 2.74. The predicted molar refractivity (Wildman–Crippen MR) is 86.8 cm³/mol. The SMILES string of the molecule is Cc1occc1CNC(=O)[C@H]1CN(Cc2ccccc2)CCO1. The molecule has 5 heteroatoms. The van der Waals surface area contributed by atoms with Crippen molar-refractivity contribution in [1.82, 2.24) is 10.2 Å². The molecule has 0 saturated carbocycles. The molecule has 23 heavy (non-hydrogen) atoms. The molecule has 2 aromatic rings. The fraction of sp³-hybridized carbons (Fsp3) is 0.389. The number of furan rings is 1. The van der Waals surface area contributed by atoms with Crippen LogP contribution in [0.4, 0.5) is 0 Å². The molecule has 0 aliphatic carbocycles. The van der Waals surface area contributed by atoms with Crippen molar-refractivity contribution in [2.24, 2.45) is 0 Å². The Morgan fingerprint density at radius 2 is 2.13 bits per heavy atom. The third kappa shape index (κ3) is 4.21. The maximum absolute atomic E-state index is 12.3. The topological polar surface area (TPSA) is 54.7 Å². The minimum absolute atomic E-state index is 0.0663. The first kappa shape index (κ1) is 15.8. The number of benzene rings is 1. The van der Waals surface area contributed by atoms with Gasteiger partial charge in [0, 0.05) is 31.7 Å². The van der Waals surface area contributed by atoms with Crippen LogP contribution in [-0.2, 0) is 22.6 Å². The van der Waals surface area contributed by atoms with Gasteiger partial charge in [0.05, 0.1) is 12.9 Å². The van der Waals surface area contributed by atoms with Gasteiger partial charge in [-0.3, -0.25) is 9.69 Å². The van der Waals surface area contributed by atoms with Gasteiger partial charge in [-0.2, -0.15) is 0 Å². The first-order valence-electron chi connectivity index (χ1n) is 7.91. The molecule has 0 bridgehead atoms. The molecule has 0 radical (unpaired) electrons. The molecular formula is C18H22N2O3. The number of hydrogen-bond donors (Lipinski definition) is 1. The number of hydrogen-bond acceptors (Lipinski definition) is 4. The summed E-state index contributed by atoms with van der Waals surface area (Å²) in [5.41, 5.74) is 2.25. The highest BCUT2D eigenvalue weighted by atomic mass is 16.5. The molecule has 1 aliphatic rings. The van der Waals surface area contributed by atoms with Crippen molar-refractivity contribution in [1.29, 1.82) is 0 Å². The highest BCUT2D eigenvalue weighted by Gasteiger charge is 2.26. The van der Waals surface area contributed by atoms with E-state index in [1.807, 2.05) is 31.2 Å². The predicted octanol–water partition coefficient (Wildman–Crippen LogP) is 2.11. The standard InChI is InChI=1S/C18H22N2O3/c1-14-16(7-9-22-14)11-19-18(21)17-13-20(8-10-23-17)12-15-5-3-2-4-6-15/h2-7,9,17H,8,10-13H2,1H3,(H,19,21)/t17-/m1/s1. The van der Waals surface area contributed by atoms with Crippen LogP contribution in [0.5, 0.6) is 0 Å². The number of nitrogens with zero attached hydrogens (tertiary/aromatic N) is 1. The minimum atomic E-state index is -0.417. The van der Waals surface area contributed by atoms with Crippen LogP contribution in [0, 0.1) is 6.92 Å². The van der Waals surface area contributed by atoms with E-state index in [1.54, 1.807) is 6.26 Å². The van der Waals surface area contributed by atoms with Crippen LogP contribution < -0.4 is 5.32 Å². The van der Waals surface area contributed by atoms with Gasteiger partial charge >= 0.3 is 0 Å². The van der Waals surface area contributed by atoms with Crippen molar-refractivity contribution in [3.63, 3.8) is 0 Å². The summed E-state index contributed by atoms with van der Waals surface area (Å²) < 4.78 is 10.9. The second-order valence-electron chi connectivity index (χ2n) is 5.80. The van der Waals surface area contributed by atoms with E-state index in [9.17, 15) is 4.79 Å². The smallest absolute Gasteiger partial charge is 0.250 e.